The van der Waals surface area contributed by atoms with Gasteiger partial charge in [0.2, 0.25) is 11.0 Å². The fraction of sp³-hybridized carbons (Fsp3) is 0.269. The average molecular weight is 491 g/mol. The van der Waals surface area contributed by atoms with Gasteiger partial charge in [-0.25, -0.2) is 4.98 Å². The van der Waals surface area contributed by atoms with Gasteiger partial charge in [0.05, 0.1) is 29.6 Å². The molecule has 1 aliphatic rings. The second-order valence-electron chi connectivity index (χ2n) is 8.13. The predicted octanol–water partition coefficient (Wildman–Crippen LogP) is 5.24. The number of hydrogen-bond acceptors (Lipinski definition) is 7. The first-order valence-electron chi connectivity index (χ1n) is 11.4. The van der Waals surface area contributed by atoms with Gasteiger partial charge < -0.3 is 19.5 Å². The number of rotatable bonds is 8. The van der Waals surface area contributed by atoms with Crippen molar-refractivity contribution >= 4 is 33.3 Å². The van der Waals surface area contributed by atoms with Crippen LogP contribution in [-0.2, 0) is 4.79 Å². The predicted molar refractivity (Wildman–Crippen MR) is 136 cm³/mol. The fourth-order valence-electron chi connectivity index (χ4n) is 4.38. The number of amides is 1. The summed E-state index contributed by atoms with van der Waals surface area (Å²) < 4.78 is 19.6. The highest BCUT2D eigenvalue weighted by molar-refractivity contribution is 7.20. The Morgan fingerprint density at radius 2 is 2.09 bits per heavy atom. The van der Waals surface area contributed by atoms with Gasteiger partial charge in [-0.05, 0) is 49.7 Å². The van der Waals surface area contributed by atoms with Crippen molar-refractivity contribution in [1.82, 2.24) is 14.8 Å². The summed E-state index contributed by atoms with van der Waals surface area (Å²) in [6.45, 7) is 8.58. The number of anilines is 1. The minimum absolute atomic E-state index is 0.0747. The van der Waals surface area contributed by atoms with Gasteiger partial charge >= 0.3 is 0 Å². The molecule has 1 N–H and O–H groups in total. The molecule has 0 unspecified atom stereocenters. The number of carbonyl (C=O) groups excluding carboxylic acids is 1. The first-order valence-corrected chi connectivity index (χ1v) is 12.2. The van der Waals surface area contributed by atoms with E-state index in [4.69, 9.17) is 24.3 Å². The molecule has 1 aliphatic heterocycles. The van der Waals surface area contributed by atoms with Gasteiger partial charge in [0.1, 0.15) is 18.2 Å². The maximum atomic E-state index is 12.8. The molecule has 0 saturated carbocycles. The molecular weight excluding hydrogens is 464 g/mol. The van der Waals surface area contributed by atoms with Gasteiger partial charge in [0, 0.05) is 17.9 Å². The molecule has 0 aliphatic carbocycles. The number of hydrogen-bond donors (Lipinski definition) is 1. The molecule has 0 saturated heterocycles. The molecule has 2 aromatic heterocycles. The smallest absolute Gasteiger partial charge is 0.226 e. The lowest BCUT2D eigenvalue weighted by atomic mass is 9.85. The second-order valence-corrected chi connectivity index (χ2v) is 9.14. The van der Waals surface area contributed by atoms with Gasteiger partial charge in [-0.1, -0.05) is 30.1 Å². The molecule has 3 heterocycles. The third-order valence-electron chi connectivity index (χ3n) is 5.89. The van der Waals surface area contributed by atoms with E-state index in [0.717, 1.165) is 32.8 Å². The van der Waals surface area contributed by atoms with Crippen molar-refractivity contribution in [2.45, 2.75) is 26.2 Å². The normalized spacial score (nSPS) is 14.9. The van der Waals surface area contributed by atoms with Gasteiger partial charge in [-0.2, -0.15) is 9.78 Å². The summed E-state index contributed by atoms with van der Waals surface area (Å²) in [6, 6.07) is 11.6. The fourth-order valence-corrected chi connectivity index (χ4v) is 5.33. The van der Waals surface area contributed by atoms with E-state index in [0.29, 0.717) is 42.1 Å². The number of benzene rings is 2. The molecule has 8 nitrogen and oxygen atoms in total. The highest BCUT2D eigenvalue weighted by Gasteiger charge is 2.33. The maximum Gasteiger partial charge on any atom is 0.226 e. The van der Waals surface area contributed by atoms with Gasteiger partial charge in [-0.15, -0.1) is 0 Å². The van der Waals surface area contributed by atoms with Crippen molar-refractivity contribution < 1.29 is 19.0 Å². The lowest BCUT2D eigenvalue weighted by Gasteiger charge is -2.24. The lowest BCUT2D eigenvalue weighted by Crippen LogP contribution is -2.25. The zero-order valence-corrected chi connectivity index (χ0v) is 20.6. The Morgan fingerprint density at radius 1 is 1.23 bits per heavy atom. The quantitative estimate of drug-likeness (QED) is 0.340. The number of methoxy groups -OCH3 is 1. The van der Waals surface area contributed by atoms with Crippen LogP contribution < -0.4 is 19.5 Å². The SMILES string of the molecule is C=CCOc1ccc([C@@H]2CC(=O)Nc3c2c(C)nn3-c2nc3ccc(OCC)cc3s2)cc1OC. The number of ether oxygens (including phenoxy) is 3. The summed E-state index contributed by atoms with van der Waals surface area (Å²) in [5.41, 5.74) is 3.62. The van der Waals surface area contributed by atoms with Crippen LogP contribution in [0.1, 0.15) is 36.1 Å². The maximum absolute atomic E-state index is 12.8. The molecule has 1 amide bonds. The average Bonchev–Trinajstić information content (AvgIpc) is 3.42. The molecule has 4 aromatic rings. The molecule has 9 heteroatoms. The van der Waals surface area contributed by atoms with Crippen molar-refractivity contribution in [2.24, 2.45) is 0 Å². The van der Waals surface area contributed by atoms with Crippen LogP contribution in [0.3, 0.4) is 0 Å². The molecule has 180 valence electrons. The Bertz CT molecular complexity index is 1420. The molecule has 2 aromatic carbocycles. The summed E-state index contributed by atoms with van der Waals surface area (Å²) in [7, 11) is 1.60. The zero-order chi connectivity index (χ0) is 24.5. The number of aryl methyl sites for hydroxylation is 1. The Kier molecular flexibility index (Phi) is 6.17. The van der Waals surface area contributed by atoms with Crippen LogP contribution in [-0.4, -0.2) is 41.0 Å². The van der Waals surface area contributed by atoms with E-state index in [9.17, 15) is 4.79 Å². The van der Waals surface area contributed by atoms with Gasteiger partial charge in [0.15, 0.2) is 11.5 Å². The highest BCUT2D eigenvalue weighted by atomic mass is 32.1. The summed E-state index contributed by atoms with van der Waals surface area (Å²) in [5, 5.41) is 8.49. The summed E-state index contributed by atoms with van der Waals surface area (Å²) in [6.07, 6.45) is 2.00. The standard InChI is InChI=1S/C26H26N4O4S/c1-5-11-34-20-10-7-16(12-21(20)32-4)18-14-23(31)28-25-24(18)15(3)29-30(25)26-27-19-9-8-17(33-6-2)13-22(19)35-26/h5,7-10,12-13,18H,1,6,11,14H2,2-4H3,(H,28,31)/t18-/m0/s1. The summed E-state index contributed by atoms with van der Waals surface area (Å²) in [5.74, 6) is 2.45. The van der Waals surface area contributed by atoms with Crippen LogP contribution >= 0.6 is 11.3 Å². The largest absolute Gasteiger partial charge is 0.494 e. The van der Waals surface area contributed by atoms with Crippen molar-refractivity contribution in [3.63, 3.8) is 0 Å². The molecular formula is C26H26N4O4S. The molecule has 0 fully saturated rings. The molecule has 0 radical (unpaired) electrons. The van der Waals surface area contributed by atoms with Crippen molar-refractivity contribution in [3.05, 3.63) is 65.9 Å². The number of carbonyl (C=O) groups is 1. The summed E-state index contributed by atoms with van der Waals surface area (Å²) in [4.78, 5) is 17.6. The topological polar surface area (TPSA) is 87.5 Å². The zero-order valence-electron chi connectivity index (χ0n) is 19.8. The second kappa shape index (κ2) is 9.42. The van der Waals surface area contributed by atoms with E-state index in [1.54, 1.807) is 17.9 Å². The number of nitrogens with one attached hydrogen (secondary N) is 1. The van der Waals surface area contributed by atoms with Crippen LogP contribution in [0.15, 0.2) is 49.1 Å². The number of fused-ring (bicyclic) bond motifs is 2. The first-order chi connectivity index (χ1) is 17.0. The summed E-state index contributed by atoms with van der Waals surface area (Å²) >= 11 is 1.50. The third kappa shape index (κ3) is 4.23. The van der Waals surface area contributed by atoms with E-state index in [2.05, 4.69) is 11.9 Å². The van der Waals surface area contributed by atoms with Crippen LogP contribution in [0.2, 0.25) is 0 Å². The Hall–Kier alpha value is -3.85. The highest BCUT2D eigenvalue weighted by Crippen LogP contribution is 2.43. The van der Waals surface area contributed by atoms with E-state index < -0.39 is 0 Å². The van der Waals surface area contributed by atoms with E-state index in [1.165, 1.54) is 11.3 Å². The Balaban J connectivity index is 1.56. The number of aromatic nitrogens is 3. The molecule has 0 spiro atoms. The van der Waals surface area contributed by atoms with Crippen molar-refractivity contribution in [2.75, 3.05) is 25.6 Å². The van der Waals surface area contributed by atoms with E-state index >= 15 is 0 Å². The van der Waals surface area contributed by atoms with Crippen LogP contribution in [0.25, 0.3) is 15.3 Å². The van der Waals surface area contributed by atoms with E-state index in [-0.39, 0.29) is 11.8 Å². The van der Waals surface area contributed by atoms with E-state index in [1.807, 2.05) is 50.2 Å². The molecule has 5 rings (SSSR count). The van der Waals surface area contributed by atoms with Crippen molar-refractivity contribution in [1.29, 1.82) is 0 Å². The van der Waals surface area contributed by atoms with Gasteiger partial charge in [0.25, 0.3) is 0 Å². The number of thiazole rings is 1. The van der Waals surface area contributed by atoms with Gasteiger partial charge in [-0.3, -0.25) is 4.79 Å². The molecule has 35 heavy (non-hydrogen) atoms. The third-order valence-corrected chi connectivity index (χ3v) is 6.88. The number of nitrogens with zero attached hydrogens (tertiary/aromatic N) is 3. The molecule has 1 atom stereocenters. The van der Waals surface area contributed by atoms with Crippen molar-refractivity contribution in [3.8, 4) is 22.4 Å². The van der Waals surface area contributed by atoms with Crippen LogP contribution in [0.4, 0.5) is 5.82 Å². The Labute approximate surface area is 207 Å². The monoisotopic (exact) mass is 490 g/mol. The van der Waals surface area contributed by atoms with Crippen LogP contribution in [0.5, 0.6) is 17.2 Å². The Morgan fingerprint density at radius 3 is 2.86 bits per heavy atom. The lowest BCUT2D eigenvalue weighted by molar-refractivity contribution is -0.116. The molecule has 0 bridgehead atoms. The van der Waals surface area contributed by atoms with Crippen LogP contribution in [0, 0.1) is 6.92 Å². The minimum atomic E-state index is -0.172. The minimum Gasteiger partial charge on any atom is -0.494 e. The first kappa shape index (κ1) is 22.9.